The minimum Gasteiger partial charge on any atom is -0.399 e. The Morgan fingerprint density at radius 1 is 1.15 bits per heavy atom. The van der Waals surface area contributed by atoms with Crippen LogP contribution in [0.1, 0.15) is 5.56 Å². The first-order chi connectivity index (χ1) is 9.32. The van der Waals surface area contributed by atoms with E-state index in [9.17, 15) is 12.8 Å². The van der Waals surface area contributed by atoms with Crippen molar-refractivity contribution in [3.8, 4) is 0 Å². The SMILES string of the molecule is Cc1cccc(N(C)S(=O)(=O)c2ccc(N)cc2F)c1. The Bertz CT molecular complexity index is 745. The lowest BCUT2D eigenvalue weighted by Crippen LogP contribution is -2.27. The minimum absolute atomic E-state index is 0.180. The van der Waals surface area contributed by atoms with Crippen LogP contribution < -0.4 is 10.0 Å². The second-order valence-corrected chi connectivity index (χ2v) is 6.44. The molecule has 0 saturated carbocycles. The van der Waals surface area contributed by atoms with Gasteiger partial charge < -0.3 is 5.73 Å². The first kappa shape index (κ1) is 14.3. The molecule has 0 aliphatic carbocycles. The number of benzene rings is 2. The highest BCUT2D eigenvalue weighted by Crippen LogP contribution is 2.25. The van der Waals surface area contributed by atoms with E-state index in [1.165, 1.54) is 19.2 Å². The summed E-state index contributed by atoms with van der Waals surface area (Å²) in [5.74, 6) is -0.857. The van der Waals surface area contributed by atoms with Gasteiger partial charge in [0.05, 0.1) is 5.69 Å². The lowest BCUT2D eigenvalue weighted by Gasteiger charge is -2.20. The summed E-state index contributed by atoms with van der Waals surface area (Å²) in [6, 6.07) is 10.5. The molecule has 0 unspecified atom stereocenters. The Morgan fingerprint density at radius 3 is 2.45 bits per heavy atom. The molecule has 0 radical (unpaired) electrons. The molecule has 0 heterocycles. The van der Waals surface area contributed by atoms with Crippen LogP contribution in [0.4, 0.5) is 15.8 Å². The summed E-state index contributed by atoms with van der Waals surface area (Å²) in [4.78, 5) is -0.393. The van der Waals surface area contributed by atoms with Crippen molar-refractivity contribution in [1.29, 1.82) is 0 Å². The molecule has 4 nitrogen and oxygen atoms in total. The third kappa shape index (κ3) is 2.60. The molecule has 106 valence electrons. The molecule has 0 bridgehead atoms. The number of nitrogen functional groups attached to an aromatic ring is 1. The standard InChI is InChI=1S/C14H15FN2O2S/c1-10-4-3-5-12(8-10)17(2)20(18,19)14-7-6-11(16)9-13(14)15/h3-9H,16H2,1-2H3. The number of hydrogen-bond donors (Lipinski definition) is 1. The molecule has 0 aliphatic heterocycles. The lowest BCUT2D eigenvalue weighted by molar-refractivity contribution is 0.566. The Kier molecular flexibility index (Phi) is 3.67. The van der Waals surface area contributed by atoms with E-state index in [-0.39, 0.29) is 5.69 Å². The maximum atomic E-state index is 13.8. The van der Waals surface area contributed by atoms with Crippen LogP contribution in [0.3, 0.4) is 0 Å². The fraction of sp³-hybridized carbons (Fsp3) is 0.143. The average Bonchev–Trinajstić information content (AvgIpc) is 2.37. The highest BCUT2D eigenvalue weighted by atomic mass is 32.2. The van der Waals surface area contributed by atoms with Crippen molar-refractivity contribution in [1.82, 2.24) is 0 Å². The smallest absolute Gasteiger partial charge is 0.266 e. The van der Waals surface area contributed by atoms with Crippen molar-refractivity contribution < 1.29 is 12.8 Å². The molecular formula is C14H15FN2O2S. The molecule has 2 aromatic rings. The van der Waals surface area contributed by atoms with Gasteiger partial charge >= 0.3 is 0 Å². The zero-order valence-electron chi connectivity index (χ0n) is 11.2. The highest BCUT2D eigenvalue weighted by molar-refractivity contribution is 7.92. The van der Waals surface area contributed by atoms with E-state index in [1.807, 2.05) is 13.0 Å². The fourth-order valence-electron chi connectivity index (χ4n) is 1.84. The van der Waals surface area contributed by atoms with Gasteiger partial charge in [0.1, 0.15) is 10.7 Å². The van der Waals surface area contributed by atoms with E-state index in [0.717, 1.165) is 15.9 Å². The topological polar surface area (TPSA) is 63.4 Å². The Hall–Kier alpha value is -2.08. The Balaban J connectivity index is 2.49. The maximum Gasteiger partial charge on any atom is 0.266 e. The average molecular weight is 294 g/mol. The molecule has 0 fully saturated rings. The van der Waals surface area contributed by atoms with E-state index in [4.69, 9.17) is 5.73 Å². The number of aryl methyl sites for hydroxylation is 1. The van der Waals surface area contributed by atoms with Crippen molar-refractivity contribution >= 4 is 21.4 Å². The lowest BCUT2D eigenvalue weighted by atomic mass is 10.2. The molecule has 0 saturated heterocycles. The summed E-state index contributed by atoms with van der Waals surface area (Å²) < 4.78 is 39.7. The molecule has 0 amide bonds. The largest absolute Gasteiger partial charge is 0.399 e. The second kappa shape index (κ2) is 5.13. The summed E-state index contributed by atoms with van der Waals surface area (Å²) in [6.07, 6.45) is 0. The van der Waals surface area contributed by atoms with Gasteiger partial charge in [0.25, 0.3) is 10.0 Å². The molecular weight excluding hydrogens is 279 g/mol. The third-order valence-electron chi connectivity index (χ3n) is 2.96. The Morgan fingerprint density at radius 2 is 1.85 bits per heavy atom. The third-order valence-corrected chi connectivity index (χ3v) is 4.78. The summed E-state index contributed by atoms with van der Waals surface area (Å²) in [7, 11) is -2.56. The van der Waals surface area contributed by atoms with Crippen molar-refractivity contribution in [3.63, 3.8) is 0 Å². The van der Waals surface area contributed by atoms with Gasteiger partial charge in [-0.25, -0.2) is 12.8 Å². The van der Waals surface area contributed by atoms with Gasteiger partial charge in [0.15, 0.2) is 0 Å². The van der Waals surface area contributed by atoms with Crippen LogP contribution in [0.15, 0.2) is 47.4 Å². The monoisotopic (exact) mass is 294 g/mol. The second-order valence-electron chi connectivity index (χ2n) is 4.50. The van der Waals surface area contributed by atoms with E-state index >= 15 is 0 Å². The minimum atomic E-state index is -3.95. The molecule has 6 heteroatoms. The molecule has 0 aromatic heterocycles. The van der Waals surface area contributed by atoms with Crippen LogP contribution in [0, 0.1) is 12.7 Å². The van der Waals surface area contributed by atoms with Crippen LogP contribution in [0.2, 0.25) is 0 Å². The number of halogens is 1. The van der Waals surface area contributed by atoms with Crippen molar-refractivity contribution in [2.24, 2.45) is 0 Å². The summed E-state index contributed by atoms with van der Waals surface area (Å²) >= 11 is 0. The molecule has 20 heavy (non-hydrogen) atoms. The van der Waals surface area contributed by atoms with E-state index < -0.39 is 20.7 Å². The van der Waals surface area contributed by atoms with Gasteiger partial charge in [0.2, 0.25) is 0 Å². The van der Waals surface area contributed by atoms with Gasteiger partial charge in [-0.05, 0) is 42.8 Å². The quantitative estimate of drug-likeness (QED) is 0.885. The van der Waals surface area contributed by atoms with Gasteiger partial charge in [-0.1, -0.05) is 12.1 Å². The van der Waals surface area contributed by atoms with Gasteiger partial charge in [0, 0.05) is 12.7 Å². The molecule has 2 rings (SSSR count). The van der Waals surface area contributed by atoms with Crippen molar-refractivity contribution in [2.45, 2.75) is 11.8 Å². The van der Waals surface area contributed by atoms with E-state index in [1.54, 1.807) is 18.2 Å². The normalized spacial score (nSPS) is 11.3. The predicted octanol–water partition coefficient (Wildman–Crippen LogP) is 2.54. The summed E-state index contributed by atoms with van der Waals surface area (Å²) in [6.45, 7) is 1.85. The van der Waals surface area contributed by atoms with Crippen LogP contribution in [-0.2, 0) is 10.0 Å². The summed E-state index contributed by atoms with van der Waals surface area (Å²) in [5.41, 5.74) is 7.00. The fourth-order valence-corrected chi connectivity index (χ4v) is 3.07. The van der Waals surface area contributed by atoms with Crippen LogP contribution in [0.5, 0.6) is 0 Å². The predicted molar refractivity (Wildman–Crippen MR) is 77.6 cm³/mol. The molecule has 0 aliphatic rings. The number of hydrogen-bond acceptors (Lipinski definition) is 3. The Labute approximate surface area is 117 Å². The van der Waals surface area contributed by atoms with Crippen molar-refractivity contribution in [2.75, 3.05) is 17.1 Å². The zero-order valence-corrected chi connectivity index (χ0v) is 12.0. The highest BCUT2D eigenvalue weighted by Gasteiger charge is 2.24. The molecule has 0 spiro atoms. The van der Waals surface area contributed by atoms with E-state index in [2.05, 4.69) is 0 Å². The number of nitrogens with zero attached hydrogens (tertiary/aromatic N) is 1. The van der Waals surface area contributed by atoms with Crippen LogP contribution >= 0.6 is 0 Å². The number of rotatable bonds is 3. The molecule has 2 N–H and O–H groups in total. The summed E-state index contributed by atoms with van der Waals surface area (Å²) in [5, 5.41) is 0. The number of sulfonamides is 1. The zero-order chi connectivity index (χ0) is 14.9. The maximum absolute atomic E-state index is 13.8. The molecule has 0 atom stereocenters. The van der Waals surface area contributed by atoms with Gasteiger partial charge in [-0.3, -0.25) is 4.31 Å². The molecule has 2 aromatic carbocycles. The van der Waals surface area contributed by atoms with Crippen LogP contribution in [-0.4, -0.2) is 15.5 Å². The van der Waals surface area contributed by atoms with E-state index in [0.29, 0.717) is 5.69 Å². The first-order valence-electron chi connectivity index (χ1n) is 5.93. The van der Waals surface area contributed by atoms with Gasteiger partial charge in [-0.2, -0.15) is 0 Å². The number of anilines is 2. The first-order valence-corrected chi connectivity index (χ1v) is 7.37. The van der Waals surface area contributed by atoms with Crippen LogP contribution in [0.25, 0.3) is 0 Å². The van der Waals surface area contributed by atoms with Gasteiger partial charge in [-0.15, -0.1) is 0 Å². The number of nitrogens with two attached hydrogens (primary N) is 1. The van der Waals surface area contributed by atoms with Crippen molar-refractivity contribution in [3.05, 3.63) is 53.8 Å².